The van der Waals surface area contributed by atoms with Crippen LogP contribution in [0.15, 0.2) is 0 Å². The van der Waals surface area contributed by atoms with Crippen molar-refractivity contribution in [3.8, 4) is 0 Å². The standard InChI is InChI=1S/C7H15NO9S2/c9-6-4(3-17-19(14,15)16)1-2-5(7(6)10)8-18(11,12)13/h4-10H,1-3H2,(H,11,12,13)(H,14,15,16)/t4?,5?,6-,7+/m1/s1. The second-order valence-electron chi connectivity index (χ2n) is 4.23. The van der Waals surface area contributed by atoms with Gasteiger partial charge in [0.2, 0.25) is 0 Å². The van der Waals surface area contributed by atoms with Gasteiger partial charge in [-0.3, -0.25) is 9.11 Å². The first-order valence-electron chi connectivity index (χ1n) is 5.22. The van der Waals surface area contributed by atoms with Gasteiger partial charge in [-0.05, 0) is 12.8 Å². The van der Waals surface area contributed by atoms with Crippen molar-refractivity contribution in [3.63, 3.8) is 0 Å². The Morgan fingerprint density at radius 1 is 1.05 bits per heavy atom. The fourth-order valence-electron chi connectivity index (χ4n) is 1.93. The van der Waals surface area contributed by atoms with E-state index in [1.807, 2.05) is 0 Å². The molecule has 0 heterocycles. The molecule has 0 radical (unpaired) electrons. The molecule has 12 heteroatoms. The molecular formula is C7H15NO9S2. The molecule has 1 rings (SSSR count). The van der Waals surface area contributed by atoms with Crippen LogP contribution in [0.25, 0.3) is 0 Å². The molecule has 2 unspecified atom stereocenters. The van der Waals surface area contributed by atoms with Gasteiger partial charge in [0, 0.05) is 5.92 Å². The van der Waals surface area contributed by atoms with Crippen LogP contribution in [-0.4, -0.2) is 61.0 Å². The molecule has 1 fully saturated rings. The highest BCUT2D eigenvalue weighted by atomic mass is 32.3. The summed E-state index contributed by atoms with van der Waals surface area (Å²) in [5.74, 6) is -0.795. The van der Waals surface area contributed by atoms with Crippen LogP contribution in [-0.2, 0) is 24.9 Å². The summed E-state index contributed by atoms with van der Waals surface area (Å²) in [5.41, 5.74) is 0. The van der Waals surface area contributed by atoms with E-state index < -0.39 is 51.5 Å². The van der Waals surface area contributed by atoms with Gasteiger partial charge in [0.05, 0.1) is 24.9 Å². The van der Waals surface area contributed by atoms with E-state index >= 15 is 0 Å². The highest BCUT2D eigenvalue weighted by molar-refractivity contribution is 7.83. The highest BCUT2D eigenvalue weighted by Crippen LogP contribution is 2.26. The zero-order valence-corrected chi connectivity index (χ0v) is 11.2. The van der Waals surface area contributed by atoms with Gasteiger partial charge in [0.1, 0.15) is 0 Å². The van der Waals surface area contributed by atoms with Crippen molar-refractivity contribution in [3.05, 3.63) is 0 Å². The lowest BCUT2D eigenvalue weighted by molar-refractivity contribution is -0.0686. The van der Waals surface area contributed by atoms with Crippen LogP contribution < -0.4 is 4.72 Å². The molecule has 0 aromatic carbocycles. The second kappa shape index (κ2) is 5.97. The van der Waals surface area contributed by atoms with Crippen LogP contribution in [0.5, 0.6) is 0 Å². The van der Waals surface area contributed by atoms with E-state index in [2.05, 4.69) is 4.18 Å². The fraction of sp³-hybridized carbons (Fsp3) is 1.00. The Labute approximate surface area is 110 Å². The predicted molar refractivity (Wildman–Crippen MR) is 60.7 cm³/mol. The van der Waals surface area contributed by atoms with Gasteiger partial charge in [-0.25, -0.2) is 4.18 Å². The van der Waals surface area contributed by atoms with Gasteiger partial charge in [-0.2, -0.15) is 21.6 Å². The summed E-state index contributed by atoms with van der Waals surface area (Å²) in [5, 5.41) is 19.3. The topological polar surface area (TPSA) is 170 Å². The first-order valence-corrected chi connectivity index (χ1v) is 8.03. The van der Waals surface area contributed by atoms with Crippen LogP contribution in [0.4, 0.5) is 0 Å². The maximum Gasteiger partial charge on any atom is 0.397 e. The zero-order chi connectivity index (χ0) is 14.8. The number of hydrogen-bond acceptors (Lipinski definition) is 7. The Hall–Kier alpha value is -0.340. The van der Waals surface area contributed by atoms with Crippen LogP contribution >= 0.6 is 0 Å². The molecule has 5 N–H and O–H groups in total. The van der Waals surface area contributed by atoms with Gasteiger partial charge in [-0.15, -0.1) is 0 Å². The van der Waals surface area contributed by atoms with Gasteiger partial charge >= 0.3 is 20.7 Å². The third-order valence-corrected chi connectivity index (χ3v) is 3.86. The lowest BCUT2D eigenvalue weighted by Gasteiger charge is -2.36. The molecule has 19 heavy (non-hydrogen) atoms. The number of nitrogens with one attached hydrogen (secondary N) is 1. The van der Waals surface area contributed by atoms with E-state index in [4.69, 9.17) is 9.11 Å². The lowest BCUT2D eigenvalue weighted by Crippen LogP contribution is -2.54. The molecule has 0 bridgehead atoms. The maximum absolute atomic E-state index is 10.6. The number of rotatable bonds is 5. The van der Waals surface area contributed by atoms with Gasteiger partial charge in [-0.1, -0.05) is 0 Å². The minimum atomic E-state index is -4.65. The maximum atomic E-state index is 10.6. The summed E-state index contributed by atoms with van der Waals surface area (Å²) in [6, 6.07) is -1.09. The second-order valence-corrected chi connectivity index (χ2v) is 6.51. The van der Waals surface area contributed by atoms with E-state index in [0.717, 1.165) is 0 Å². The third kappa shape index (κ3) is 5.66. The summed E-state index contributed by atoms with van der Waals surface area (Å²) in [4.78, 5) is 0. The summed E-state index contributed by atoms with van der Waals surface area (Å²) < 4.78 is 64.8. The lowest BCUT2D eigenvalue weighted by atomic mass is 9.82. The highest BCUT2D eigenvalue weighted by Gasteiger charge is 2.39. The zero-order valence-electron chi connectivity index (χ0n) is 9.58. The predicted octanol–water partition coefficient (Wildman–Crippen LogP) is -2.30. The number of hydrogen-bond donors (Lipinski definition) is 5. The number of aliphatic hydroxyl groups excluding tert-OH is 2. The van der Waals surface area contributed by atoms with Crippen LogP contribution in [0.1, 0.15) is 12.8 Å². The first kappa shape index (κ1) is 16.7. The molecule has 10 nitrogen and oxygen atoms in total. The van der Waals surface area contributed by atoms with Crippen molar-refractivity contribution in [1.82, 2.24) is 4.72 Å². The van der Waals surface area contributed by atoms with E-state index in [1.165, 1.54) is 0 Å². The molecule has 0 amide bonds. The molecule has 0 spiro atoms. The Bertz CT molecular complexity index is 499. The Balaban J connectivity index is 2.62. The van der Waals surface area contributed by atoms with Crippen molar-refractivity contribution in [2.45, 2.75) is 31.1 Å². The SMILES string of the molecule is O=S(=O)(O)NC1CCC(COS(=O)(=O)O)[C@@H](O)[C@H]1O. The molecule has 1 aliphatic rings. The average molecular weight is 321 g/mol. The Morgan fingerprint density at radius 2 is 1.63 bits per heavy atom. The number of aliphatic hydroxyl groups is 2. The van der Waals surface area contributed by atoms with Gasteiger partial charge in [0.25, 0.3) is 0 Å². The molecule has 0 aromatic rings. The first-order chi connectivity index (χ1) is 8.49. The van der Waals surface area contributed by atoms with Crippen molar-refractivity contribution in [2.24, 2.45) is 5.92 Å². The molecular weight excluding hydrogens is 306 g/mol. The quantitative estimate of drug-likeness (QED) is 0.349. The van der Waals surface area contributed by atoms with Crippen LogP contribution in [0.2, 0.25) is 0 Å². The Kier molecular flexibility index (Phi) is 5.25. The van der Waals surface area contributed by atoms with E-state index in [9.17, 15) is 27.0 Å². The molecule has 0 saturated heterocycles. The van der Waals surface area contributed by atoms with Crippen molar-refractivity contribution < 1.29 is 40.3 Å². The largest absolute Gasteiger partial charge is 0.397 e. The minimum absolute atomic E-state index is 0.0531. The van der Waals surface area contributed by atoms with Crippen molar-refractivity contribution >= 4 is 20.7 Å². The summed E-state index contributed by atoms with van der Waals surface area (Å²) in [6.07, 6.45) is -2.82. The van der Waals surface area contributed by atoms with Crippen molar-refractivity contribution in [1.29, 1.82) is 0 Å². The molecule has 0 aromatic heterocycles. The smallest absolute Gasteiger partial charge is 0.390 e. The van der Waals surface area contributed by atoms with Gasteiger partial charge < -0.3 is 10.2 Å². The van der Waals surface area contributed by atoms with Crippen LogP contribution in [0.3, 0.4) is 0 Å². The third-order valence-electron chi connectivity index (χ3n) is 2.82. The van der Waals surface area contributed by atoms with E-state index in [1.54, 1.807) is 4.72 Å². The molecule has 1 saturated carbocycles. The van der Waals surface area contributed by atoms with Crippen molar-refractivity contribution in [2.75, 3.05) is 6.61 Å². The summed E-state index contributed by atoms with van der Waals surface area (Å²) in [7, 11) is -9.17. The van der Waals surface area contributed by atoms with E-state index in [-0.39, 0.29) is 12.8 Å². The molecule has 1 aliphatic carbocycles. The Morgan fingerprint density at radius 3 is 2.11 bits per heavy atom. The van der Waals surface area contributed by atoms with E-state index in [0.29, 0.717) is 0 Å². The summed E-state index contributed by atoms with van der Waals surface area (Å²) >= 11 is 0. The molecule has 0 aliphatic heterocycles. The average Bonchev–Trinajstić information content (AvgIpc) is 2.21. The summed E-state index contributed by atoms with van der Waals surface area (Å²) in [6.45, 7) is -0.546. The fourth-order valence-corrected chi connectivity index (χ4v) is 2.91. The van der Waals surface area contributed by atoms with Crippen LogP contribution in [0, 0.1) is 5.92 Å². The molecule has 4 atom stereocenters. The molecule has 114 valence electrons. The normalized spacial score (nSPS) is 33.3. The minimum Gasteiger partial charge on any atom is -0.390 e. The monoisotopic (exact) mass is 321 g/mol. The van der Waals surface area contributed by atoms with Gasteiger partial charge in [0.15, 0.2) is 0 Å².